The molecule has 1 aliphatic heterocycles. The highest BCUT2D eigenvalue weighted by Gasteiger charge is 2.35. The van der Waals surface area contributed by atoms with Crippen LogP contribution in [-0.4, -0.2) is 45.4 Å². The first-order valence-corrected chi connectivity index (χ1v) is 9.63. The van der Waals surface area contributed by atoms with Crippen molar-refractivity contribution in [3.05, 3.63) is 23.7 Å². The van der Waals surface area contributed by atoms with E-state index < -0.39 is 0 Å². The molecule has 3 rings (SSSR count). The number of carbonyl (C=O) groups is 2. The number of anilines is 1. The van der Waals surface area contributed by atoms with E-state index in [-0.39, 0.29) is 29.4 Å². The van der Waals surface area contributed by atoms with E-state index in [1.54, 1.807) is 4.68 Å². The molecule has 0 saturated carbocycles. The molecule has 2 aromatic heterocycles. The fourth-order valence-corrected chi connectivity index (χ4v) is 4.72. The van der Waals surface area contributed by atoms with E-state index in [4.69, 9.17) is 5.73 Å². The van der Waals surface area contributed by atoms with Gasteiger partial charge < -0.3 is 16.4 Å². The van der Waals surface area contributed by atoms with Crippen LogP contribution in [0, 0.1) is 12.8 Å². The molecule has 2 atom stereocenters. The zero-order chi connectivity index (χ0) is 18.0. The van der Waals surface area contributed by atoms with Gasteiger partial charge in [0.25, 0.3) is 0 Å². The fraction of sp³-hybridized carbons (Fsp3) is 0.467. The van der Waals surface area contributed by atoms with Crippen molar-refractivity contribution in [2.75, 3.05) is 24.2 Å². The summed E-state index contributed by atoms with van der Waals surface area (Å²) in [6.45, 7) is 3.23. The number of hydrogen-bond donors (Lipinski definition) is 3. The van der Waals surface area contributed by atoms with Gasteiger partial charge in [-0.25, -0.2) is 4.98 Å². The lowest BCUT2D eigenvalue weighted by molar-refractivity contribution is -0.119. The van der Waals surface area contributed by atoms with Crippen LogP contribution in [0.1, 0.15) is 17.2 Å². The molecule has 134 valence electrons. The lowest BCUT2D eigenvalue weighted by atomic mass is 9.90. The molecule has 8 nitrogen and oxygen atoms in total. The first kappa shape index (κ1) is 17.9. The molecule has 1 aliphatic rings. The van der Waals surface area contributed by atoms with Crippen LogP contribution in [0.15, 0.2) is 16.6 Å². The monoisotopic (exact) mass is 380 g/mol. The van der Waals surface area contributed by atoms with Gasteiger partial charge in [0.2, 0.25) is 11.8 Å². The molecule has 3 heterocycles. The van der Waals surface area contributed by atoms with Gasteiger partial charge in [0.1, 0.15) is 0 Å². The quantitative estimate of drug-likeness (QED) is 0.636. The molecular formula is C15H20N6O2S2. The molecule has 0 aromatic carbocycles. The van der Waals surface area contributed by atoms with Gasteiger partial charge in [-0.1, -0.05) is 11.3 Å². The van der Waals surface area contributed by atoms with Gasteiger partial charge in [0, 0.05) is 32.3 Å². The first-order chi connectivity index (χ1) is 11.9. The number of aryl methyl sites for hydroxylation is 2. The van der Waals surface area contributed by atoms with Gasteiger partial charge in [0.15, 0.2) is 5.13 Å². The zero-order valence-corrected chi connectivity index (χ0v) is 15.6. The Morgan fingerprint density at radius 1 is 1.52 bits per heavy atom. The highest BCUT2D eigenvalue weighted by molar-refractivity contribution is 8.01. The summed E-state index contributed by atoms with van der Waals surface area (Å²) in [5, 5.41) is 10.9. The highest BCUT2D eigenvalue weighted by atomic mass is 32.2. The minimum absolute atomic E-state index is 0.0564. The maximum Gasteiger partial charge on any atom is 0.231 e. The van der Waals surface area contributed by atoms with Gasteiger partial charge in [-0.3, -0.25) is 14.3 Å². The van der Waals surface area contributed by atoms with Gasteiger partial charge in [0.05, 0.1) is 27.8 Å². The number of thiazole rings is 1. The Balaban J connectivity index is 1.67. The van der Waals surface area contributed by atoms with Crippen molar-refractivity contribution in [1.29, 1.82) is 0 Å². The third kappa shape index (κ3) is 4.20. The summed E-state index contributed by atoms with van der Waals surface area (Å²) in [6, 6.07) is 0. The van der Waals surface area contributed by atoms with Crippen molar-refractivity contribution in [3.8, 4) is 0 Å². The van der Waals surface area contributed by atoms with E-state index in [0.29, 0.717) is 11.7 Å². The number of thioether (sulfide) groups is 1. The number of nitrogens with one attached hydrogen (secondary N) is 2. The Morgan fingerprint density at radius 3 is 3.00 bits per heavy atom. The summed E-state index contributed by atoms with van der Waals surface area (Å²) in [7, 11) is 1.87. The number of hydrogen-bond acceptors (Lipinski definition) is 7. The second-order valence-electron chi connectivity index (χ2n) is 5.95. The molecule has 0 aliphatic carbocycles. The minimum atomic E-state index is -0.375. The Morgan fingerprint density at radius 2 is 2.32 bits per heavy atom. The molecule has 2 amide bonds. The molecule has 0 unspecified atom stereocenters. The molecule has 0 bridgehead atoms. The van der Waals surface area contributed by atoms with E-state index in [1.165, 1.54) is 23.1 Å². The molecule has 2 aromatic rings. The first-order valence-electron chi connectivity index (χ1n) is 7.82. The summed E-state index contributed by atoms with van der Waals surface area (Å²) >= 11 is 2.71. The molecule has 1 saturated heterocycles. The molecule has 25 heavy (non-hydrogen) atoms. The third-order valence-corrected chi connectivity index (χ3v) is 6.49. The van der Waals surface area contributed by atoms with Gasteiger partial charge >= 0.3 is 0 Å². The van der Waals surface area contributed by atoms with Crippen LogP contribution in [0.4, 0.5) is 5.13 Å². The SMILES string of the molecule is Cc1nc(NC(=O)[C@H]2CNC[C@@H]2c2cnn(C)c2)sc1SCC(N)=O. The molecule has 0 spiro atoms. The average Bonchev–Trinajstić information content (AvgIpc) is 3.25. The van der Waals surface area contributed by atoms with Crippen molar-refractivity contribution in [3.63, 3.8) is 0 Å². The number of carbonyl (C=O) groups excluding carboxylic acids is 2. The van der Waals surface area contributed by atoms with Crippen LogP contribution < -0.4 is 16.4 Å². The Labute approximate surface area is 153 Å². The topological polar surface area (TPSA) is 115 Å². The highest BCUT2D eigenvalue weighted by Crippen LogP contribution is 2.33. The van der Waals surface area contributed by atoms with Crippen LogP contribution in [0.5, 0.6) is 0 Å². The van der Waals surface area contributed by atoms with E-state index in [9.17, 15) is 9.59 Å². The Hall–Kier alpha value is -1.91. The summed E-state index contributed by atoms with van der Waals surface area (Å²) in [5.74, 6) is -0.307. The smallest absolute Gasteiger partial charge is 0.231 e. The van der Waals surface area contributed by atoms with Crippen molar-refractivity contribution in [2.24, 2.45) is 18.7 Å². The average molecular weight is 380 g/mol. The summed E-state index contributed by atoms with van der Waals surface area (Å²) in [4.78, 5) is 28.0. The number of amides is 2. The second-order valence-corrected chi connectivity index (χ2v) is 8.20. The Kier molecular flexibility index (Phi) is 5.40. The van der Waals surface area contributed by atoms with Crippen molar-refractivity contribution < 1.29 is 9.59 Å². The van der Waals surface area contributed by atoms with E-state index >= 15 is 0 Å². The summed E-state index contributed by atoms with van der Waals surface area (Å²) < 4.78 is 2.64. The van der Waals surface area contributed by atoms with Crippen LogP contribution in [0.2, 0.25) is 0 Å². The molecule has 10 heteroatoms. The second kappa shape index (κ2) is 7.54. The van der Waals surface area contributed by atoms with Gasteiger partial charge in [-0.05, 0) is 12.5 Å². The van der Waals surface area contributed by atoms with E-state index in [0.717, 1.165) is 22.0 Å². The van der Waals surface area contributed by atoms with Crippen molar-refractivity contribution in [1.82, 2.24) is 20.1 Å². The van der Waals surface area contributed by atoms with E-state index in [2.05, 4.69) is 20.7 Å². The summed E-state index contributed by atoms with van der Waals surface area (Å²) in [5.41, 5.74) is 7.02. The predicted molar refractivity (Wildman–Crippen MR) is 97.7 cm³/mol. The number of primary amides is 1. The van der Waals surface area contributed by atoms with E-state index in [1.807, 2.05) is 26.4 Å². The molecular weight excluding hydrogens is 360 g/mol. The number of rotatable bonds is 6. The Bertz CT molecular complexity index is 787. The normalized spacial score (nSPS) is 19.9. The fourth-order valence-electron chi connectivity index (χ4n) is 2.84. The van der Waals surface area contributed by atoms with Crippen LogP contribution in [0.25, 0.3) is 0 Å². The van der Waals surface area contributed by atoms with Crippen LogP contribution >= 0.6 is 23.1 Å². The van der Waals surface area contributed by atoms with Crippen LogP contribution in [0.3, 0.4) is 0 Å². The lowest BCUT2D eigenvalue weighted by Crippen LogP contribution is -2.28. The number of nitrogens with two attached hydrogens (primary N) is 1. The third-order valence-electron chi connectivity index (χ3n) is 4.03. The maximum absolute atomic E-state index is 12.7. The zero-order valence-electron chi connectivity index (χ0n) is 14.0. The van der Waals surface area contributed by atoms with Gasteiger partial charge in [-0.15, -0.1) is 11.8 Å². The van der Waals surface area contributed by atoms with Crippen molar-refractivity contribution in [2.45, 2.75) is 17.1 Å². The molecule has 4 N–H and O–H groups in total. The largest absolute Gasteiger partial charge is 0.369 e. The number of nitrogens with zero attached hydrogens (tertiary/aromatic N) is 3. The molecule has 0 radical (unpaired) electrons. The minimum Gasteiger partial charge on any atom is -0.369 e. The van der Waals surface area contributed by atoms with Crippen LogP contribution in [-0.2, 0) is 16.6 Å². The summed E-state index contributed by atoms with van der Waals surface area (Å²) in [6.07, 6.45) is 3.76. The predicted octanol–water partition coefficient (Wildman–Crippen LogP) is 0.704. The lowest BCUT2D eigenvalue weighted by Gasteiger charge is -2.15. The molecule has 1 fully saturated rings. The van der Waals surface area contributed by atoms with Crippen molar-refractivity contribution >= 4 is 40.0 Å². The van der Waals surface area contributed by atoms with Gasteiger partial charge in [-0.2, -0.15) is 5.10 Å². The standard InChI is InChI=1S/C15H20N6O2S2/c1-8-14(24-7-12(16)22)25-15(19-8)20-13(23)11-5-17-4-10(11)9-3-18-21(2)6-9/h3,6,10-11,17H,4-5,7H2,1-2H3,(H2,16,22)(H,19,20,23)/t10-,11+/m1/s1. The maximum atomic E-state index is 12.7. The number of aromatic nitrogens is 3.